The second kappa shape index (κ2) is 5.65. The summed E-state index contributed by atoms with van der Waals surface area (Å²) >= 11 is 8.41. The number of aryl methyl sites for hydroxylation is 1. The third kappa shape index (κ3) is 2.81. The van der Waals surface area contributed by atoms with Gasteiger partial charge in [-0.25, -0.2) is 0 Å². The van der Waals surface area contributed by atoms with Gasteiger partial charge in [0.05, 0.1) is 20.1 Å². The van der Waals surface area contributed by atoms with Crippen LogP contribution >= 0.6 is 43.2 Å². The van der Waals surface area contributed by atoms with Gasteiger partial charge in [0, 0.05) is 6.54 Å². The van der Waals surface area contributed by atoms with Gasteiger partial charge < -0.3 is 5.11 Å². The Kier molecular flexibility index (Phi) is 4.41. The van der Waals surface area contributed by atoms with Crippen molar-refractivity contribution in [2.75, 3.05) is 0 Å². The van der Waals surface area contributed by atoms with Crippen molar-refractivity contribution in [2.45, 2.75) is 26.0 Å². The molecule has 1 unspecified atom stereocenters. The fraction of sp³-hybridized carbons (Fsp3) is 0.364. The maximum absolute atomic E-state index is 10.4. The summed E-state index contributed by atoms with van der Waals surface area (Å²) in [4.78, 5) is 0. The van der Waals surface area contributed by atoms with Crippen LogP contribution in [0.25, 0.3) is 0 Å². The number of hydrogen-bond donors (Lipinski definition) is 1. The van der Waals surface area contributed by atoms with Crippen LogP contribution in [0, 0.1) is 0 Å². The number of nitrogens with zero attached hydrogens (tertiary/aromatic N) is 2. The molecule has 0 bridgehead atoms. The first-order valence-electron chi connectivity index (χ1n) is 5.26. The van der Waals surface area contributed by atoms with Crippen LogP contribution in [0.1, 0.15) is 30.7 Å². The lowest BCUT2D eigenvalue weighted by Gasteiger charge is -2.12. The lowest BCUT2D eigenvalue weighted by atomic mass is 10.1. The highest BCUT2D eigenvalue weighted by atomic mass is 79.9. The molecule has 0 spiro atoms. The second-order valence-electron chi connectivity index (χ2n) is 3.69. The van der Waals surface area contributed by atoms with Crippen LogP contribution in [0.4, 0.5) is 0 Å². The molecular formula is C11H12Br2N2OS. The van der Waals surface area contributed by atoms with Gasteiger partial charge in [-0.05, 0) is 55.3 Å². The molecule has 0 aliphatic heterocycles. The Hall–Kier alpha value is -0.170. The van der Waals surface area contributed by atoms with Crippen LogP contribution in [-0.4, -0.2) is 14.9 Å². The van der Waals surface area contributed by atoms with E-state index >= 15 is 0 Å². The molecule has 0 amide bonds. The fourth-order valence-corrected chi connectivity index (χ4v) is 3.37. The monoisotopic (exact) mass is 378 g/mol. The van der Waals surface area contributed by atoms with Gasteiger partial charge in [0.2, 0.25) is 0 Å². The van der Waals surface area contributed by atoms with Crippen molar-refractivity contribution in [3.8, 4) is 0 Å². The highest BCUT2D eigenvalue weighted by Gasteiger charge is 2.20. The molecule has 6 heteroatoms. The second-order valence-corrected chi connectivity index (χ2v) is 6.83. The largest absolute Gasteiger partial charge is 0.382 e. The lowest BCUT2D eigenvalue weighted by Crippen LogP contribution is -2.10. The zero-order valence-electron chi connectivity index (χ0n) is 9.23. The average molecular weight is 380 g/mol. The van der Waals surface area contributed by atoms with Gasteiger partial charge in [-0.15, -0.1) is 11.3 Å². The molecule has 0 fully saturated rings. The summed E-state index contributed by atoms with van der Waals surface area (Å²) in [5.74, 6) is 0. The van der Waals surface area contributed by atoms with Crippen LogP contribution in [0.3, 0.4) is 0 Å². The quantitative estimate of drug-likeness (QED) is 0.872. The van der Waals surface area contributed by atoms with E-state index in [9.17, 15) is 5.11 Å². The third-order valence-corrected chi connectivity index (χ3v) is 4.56. The molecule has 2 rings (SSSR count). The summed E-state index contributed by atoms with van der Waals surface area (Å²) in [6.07, 6.45) is 2.08. The molecule has 0 radical (unpaired) electrons. The minimum Gasteiger partial charge on any atom is -0.382 e. The smallest absolute Gasteiger partial charge is 0.123 e. The first kappa shape index (κ1) is 13.3. The molecule has 0 aromatic carbocycles. The summed E-state index contributed by atoms with van der Waals surface area (Å²) in [5, 5.41) is 16.6. The van der Waals surface area contributed by atoms with Crippen molar-refractivity contribution in [3.63, 3.8) is 0 Å². The molecule has 2 aromatic rings. The molecular weight excluding hydrogens is 368 g/mol. The van der Waals surface area contributed by atoms with Crippen molar-refractivity contribution in [1.29, 1.82) is 0 Å². The van der Waals surface area contributed by atoms with Crippen LogP contribution in [-0.2, 0) is 6.54 Å². The molecule has 0 aliphatic carbocycles. The van der Waals surface area contributed by atoms with Crippen molar-refractivity contribution in [1.82, 2.24) is 9.78 Å². The van der Waals surface area contributed by atoms with Gasteiger partial charge in [-0.1, -0.05) is 6.92 Å². The molecule has 17 heavy (non-hydrogen) atoms. The standard InChI is InChI=1S/C11H12Br2N2OS/c1-2-3-15-10(8(12)5-14-15)11(16)7-4-9(13)17-6-7/h4-6,11,16H,2-3H2,1H3. The van der Waals surface area contributed by atoms with Gasteiger partial charge in [0.1, 0.15) is 6.10 Å². The van der Waals surface area contributed by atoms with Crippen molar-refractivity contribution in [3.05, 3.63) is 37.2 Å². The third-order valence-electron chi connectivity index (χ3n) is 2.43. The zero-order valence-corrected chi connectivity index (χ0v) is 13.2. The van der Waals surface area contributed by atoms with E-state index in [2.05, 4.69) is 43.9 Å². The number of halogens is 2. The normalized spacial score (nSPS) is 12.9. The predicted molar refractivity (Wildman–Crippen MR) is 76.3 cm³/mol. The van der Waals surface area contributed by atoms with Gasteiger partial charge in [0.25, 0.3) is 0 Å². The number of thiophene rings is 1. The average Bonchev–Trinajstić information content (AvgIpc) is 2.86. The van der Waals surface area contributed by atoms with Gasteiger partial charge in [0.15, 0.2) is 0 Å². The van der Waals surface area contributed by atoms with Crippen LogP contribution in [0.5, 0.6) is 0 Å². The Bertz CT molecular complexity index is 509. The highest BCUT2D eigenvalue weighted by molar-refractivity contribution is 9.11. The molecule has 1 N–H and O–H groups in total. The van der Waals surface area contributed by atoms with E-state index in [1.807, 2.05) is 16.1 Å². The van der Waals surface area contributed by atoms with Crippen LogP contribution in [0.2, 0.25) is 0 Å². The number of aliphatic hydroxyl groups excluding tert-OH is 1. The summed E-state index contributed by atoms with van der Waals surface area (Å²) < 4.78 is 3.71. The lowest BCUT2D eigenvalue weighted by molar-refractivity contribution is 0.207. The number of hydrogen-bond acceptors (Lipinski definition) is 3. The molecule has 1 atom stereocenters. The van der Waals surface area contributed by atoms with Gasteiger partial charge in [-0.3, -0.25) is 4.68 Å². The first-order chi connectivity index (χ1) is 8.13. The van der Waals surface area contributed by atoms with Gasteiger partial charge >= 0.3 is 0 Å². The fourth-order valence-electron chi connectivity index (χ4n) is 1.66. The van der Waals surface area contributed by atoms with E-state index in [0.29, 0.717) is 0 Å². The van der Waals surface area contributed by atoms with Crippen molar-refractivity contribution >= 4 is 43.2 Å². The molecule has 0 saturated heterocycles. The van der Waals surface area contributed by atoms with Crippen molar-refractivity contribution < 1.29 is 5.11 Å². The maximum atomic E-state index is 10.4. The molecule has 92 valence electrons. The molecule has 3 nitrogen and oxygen atoms in total. The summed E-state index contributed by atoms with van der Waals surface area (Å²) in [7, 11) is 0. The Morgan fingerprint density at radius 3 is 2.88 bits per heavy atom. The number of aliphatic hydroxyl groups is 1. The molecule has 0 saturated carbocycles. The summed E-state index contributed by atoms with van der Waals surface area (Å²) in [6.45, 7) is 2.90. The minimum absolute atomic E-state index is 0.638. The van der Waals surface area contributed by atoms with E-state index < -0.39 is 6.10 Å². The molecule has 2 aromatic heterocycles. The summed E-state index contributed by atoms with van der Waals surface area (Å²) in [6, 6.07) is 1.94. The van der Waals surface area contributed by atoms with E-state index in [-0.39, 0.29) is 0 Å². The topological polar surface area (TPSA) is 38.0 Å². The van der Waals surface area contributed by atoms with E-state index in [1.54, 1.807) is 17.5 Å². The van der Waals surface area contributed by atoms with Crippen molar-refractivity contribution in [2.24, 2.45) is 0 Å². The van der Waals surface area contributed by atoms with Crippen LogP contribution < -0.4 is 0 Å². The Labute approximate surface area is 121 Å². The van der Waals surface area contributed by atoms with E-state index in [4.69, 9.17) is 0 Å². The zero-order chi connectivity index (χ0) is 12.4. The minimum atomic E-state index is -0.638. The van der Waals surface area contributed by atoms with E-state index in [1.165, 1.54) is 0 Å². The summed E-state index contributed by atoms with van der Waals surface area (Å²) in [5.41, 5.74) is 1.71. The number of rotatable bonds is 4. The Balaban J connectivity index is 2.35. The van der Waals surface area contributed by atoms with E-state index in [0.717, 1.165) is 32.5 Å². The van der Waals surface area contributed by atoms with Crippen LogP contribution in [0.15, 0.2) is 25.9 Å². The Morgan fingerprint density at radius 2 is 2.29 bits per heavy atom. The first-order valence-corrected chi connectivity index (χ1v) is 7.73. The Morgan fingerprint density at radius 1 is 1.53 bits per heavy atom. The SMILES string of the molecule is CCCn1ncc(Br)c1C(O)c1csc(Br)c1. The molecule has 2 heterocycles. The van der Waals surface area contributed by atoms with Gasteiger partial charge in [-0.2, -0.15) is 5.10 Å². The molecule has 0 aliphatic rings. The predicted octanol–water partition coefficient (Wildman–Crippen LogP) is 3.96. The maximum Gasteiger partial charge on any atom is 0.123 e. The number of aromatic nitrogens is 2. The highest BCUT2D eigenvalue weighted by Crippen LogP contribution is 2.32.